The molecule has 1 aromatic rings. The molecule has 0 aliphatic rings. The Balaban J connectivity index is 2.22. The molecule has 0 aromatic carbocycles. The predicted molar refractivity (Wildman–Crippen MR) is 68.9 cm³/mol. The van der Waals surface area contributed by atoms with Gasteiger partial charge in [-0.25, -0.2) is 0 Å². The molecule has 1 rings (SSSR count). The van der Waals surface area contributed by atoms with Gasteiger partial charge in [-0.15, -0.1) is 11.3 Å². The summed E-state index contributed by atoms with van der Waals surface area (Å²) in [6.45, 7) is 5.20. The van der Waals surface area contributed by atoms with E-state index >= 15 is 0 Å². The summed E-state index contributed by atoms with van der Waals surface area (Å²) in [6, 6.07) is 4.75. The fraction of sp³-hybridized carbons (Fsp3) is 0.636. The Bertz CT molecular complexity index is 322. The van der Waals surface area contributed by atoms with Crippen molar-refractivity contribution in [3.8, 4) is 0 Å². The average molecular weight is 245 g/mol. The van der Waals surface area contributed by atoms with Gasteiger partial charge in [-0.3, -0.25) is 4.21 Å². The van der Waals surface area contributed by atoms with Crippen LogP contribution in [0.1, 0.15) is 23.1 Å². The van der Waals surface area contributed by atoms with E-state index in [-0.39, 0.29) is 0 Å². The van der Waals surface area contributed by atoms with Gasteiger partial charge in [0.2, 0.25) is 0 Å². The van der Waals surface area contributed by atoms with E-state index in [0.717, 1.165) is 18.7 Å². The van der Waals surface area contributed by atoms with Crippen LogP contribution in [0.4, 0.5) is 0 Å². The second kappa shape index (κ2) is 6.40. The molecule has 1 heterocycles. The minimum atomic E-state index is -0.667. The van der Waals surface area contributed by atoms with Crippen LogP contribution in [0.3, 0.4) is 0 Å². The average Bonchev–Trinajstić information content (AvgIpc) is 2.58. The zero-order valence-corrected chi connectivity index (χ0v) is 11.2. The second-order valence-electron chi connectivity index (χ2n) is 3.86. The van der Waals surface area contributed by atoms with Crippen LogP contribution in [-0.4, -0.2) is 22.3 Å². The molecule has 0 radical (unpaired) electrons. The third kappa shape index (κ3) is 5.44. The van der Waals surface area contributed by atoms with Gasteiger partial charge >= 0.3 is 0 Å². The molecule has 0 amide bonds. The molecule has 2 nitrogen and oxygen atoms in total. The van der Waals surface area contributed by atoms with Crippen LogP contribution < -0.4 is 5.32 Å². The van der Waals surface area contributed by atoms with Crippen LogP contribution in [0.2, 0.25) is 0 Å². The number of rotatable bonds is 6. The van der Waals surface area contributed by atoms with Gasteiger partial charge in [-0.1, -0.05) is 0 Å². The Labute approximate surface area is 98.6 Å². The van der Waals surface area contributed by atoms with Crippen LogP contribution in [0, 0.1) is 6.92 Å². The van der Waals surface area contributed by atoms with Gasteiger partial charge < -0.3 is 5.32 Å². The number of nitrogens with one attached hydrogen (secondary N) is 1. The molecule has 0 fully saturated rings. The fourth-order valence-electron chi connectivity index (χ4n) is 1.30. The summed E-state index contributed by atoms with van der Waals surface area (Å²) in [5.74, 6) is 0.789. The highest BCUT2D eigenvalue weighted by Crippen LogP contribution is 2.14. The standard InChI is InChI=1S/C11H19NOS2/c1-9(6-7-15(3)13)12-8-11-5-4-10(2)14-11/h4-5,9,12H,6-8H2,1-3H3. The molecule has 2 atom stereocenters. The zero-order valence-electron chi connectivity index (χ0n) is 9.58. The summed E-state index contributed by atoms with van der Waals surface area (Å²) in [7, 11) is -0.667. The lowest BCUT2D eigenvalue weighted by atomic mass is 10.2. The van der Waals surface area contributed by atoms with E-state index in [1.165, 1.54) is 9.75 Å². The number of hydrogen-bond donors (Lipinski definition) is 1. The van der Waals surface area contributed by atoms with Crippen LogP contribution in [0.5, 0.6) is 0 Å². The van der Waals surface area contributed by atoms with E-state index in [2.05, 4.69) is 31.3 Å². The molecular formula is C11H19NOS2. The Morgan fingerprint density at radius 1 is 1.53 bits per heavy atom. The van der Waals surface area contributed by atoms with Crippen molar-refractivity contribution in [2.24, 2.45) is 0 Å². The second-order valence-corrected chi connectivity index (χ2v) is 6.79. The maximum atomic E-state index is 10.9. The molecule has 0 aliphatic heterocycles. The van der Waals surface area contributed by atoms with Gasteiger partial charge in [0, 0.05) is 45.1 Å². The third-order valence-corrected chi connectivity index (χ3v) is 4.07. The van der Waals surface area contributed by atoms with Gasteiger partial charge in [-0.2, -0.15) is 0 Å². The van der Waals surface area contributed by atoms with Gasteiger partial charge in [0.1, 0.15) is 0 Å². The summed E-state index contributed by atoms with van der Waals surface area (Å²) >= 11 is 1.83. The maximum absolute atomic E-state index is 10.9. The van der Waals surface area contributed by atoms with E-state index in [4.69, 9.17) is 0 Å². The number of hydrogen-bond acceptors (Lipinski definition) is 3. The minimum absolute atomic E-state index is 0.441. The first-order valence-electron chi connectivity index (χ1n) is 5.16. The SMILES string of the molecule is Cc1ccc(CNC(C)CCS(C)=O)s1. The molecule has 15 heavy (non-hydrogen) atoms. The van der Waals surface area contributed by atoms with Gasteiger partial charge in [0.05, 0.1) is 0 Å². The van der Waals surface area contributed by atoms with E-state index in [0.29, 0.717) is 6.04 Å². The molecule has 0 spiro atoms. The summed E-state index contributed by atoms with van der Waals surface area (Å²) in [5, 5.41) is 3.44. The lowest BCUT2D eigenvalue weighted by Gasteiger charge is -2.11. The lowest BCUT2D eigenvalue weighted by Crippen LogP contribution is -2.26. The number of thiophene rings is 1. The highest BCUT2D eigenvalue weighted by molar-refractivity contribution is 7.84. The lowest BCUT2D eigenvalue weighted by molar-refractivity contribution is 0.538. The smallest absolute Gasteiger partial charge is 0.0302 e. The normalized spacial score (nSPS) is 15.1. The van der Waals surface area contributed by atoms with Crippen molar-refractivity contribution >= 4 is 22.1 Å². The Morgan fingerprint density at radius 2 is 2.27 bits per heavy atom. The van der Waals surface area contributed by atoms with Crippen LogP contribution >= 0.6 is 11.3 Å². The minimum Gasteiger partial charge on any atom is -0.309 e. The molecule has 0 aliphatic carbocycles. The highest BCUT2D eigenvalue weighted by Gasteiger charge is 2.03. The number of aryl methyl sites for hydroxylation is 1. The van der Waals surface area contributed by atoms with E-state index in [1.807, 2.05) is 11.3 Å². The van der Waals surface area contributed by atoms with Crippen molar-refractivity contribution in [1.29, 1.82) is 0 Å². The van der Waals surface area contributed by atoms with Crippen molar-refractivity contribution in [3.05, 3.63) is 21.9 Å². The molecule has 0 bridgehead atoms. The quantitative estimate of drug-likeness (QED) is 0.833. The van der Waals surface area contributed by atoms with Crippen molar-refractivity contribution in [1.82, 2.24) is 5.32 Å². The Kier molecular flexibility index (Phi) is 5.50. The molecule has 2 unspecified atom stereocenters. The molecule has 1 N–H and O–H groups in total. The third-order valence-electron chi connectivity index (χ3n) is 2.26. The zero-order chi connectivity index (χ0) is 11.3. The van der Waals surface area contributed by atoms with Gasteiger partial charge in [-0.05, 0) is 32.4 Å². The highest BCUT2D eigenvalue weighted by atomic mass is 32.2. The molecule has 0 saturated heterocycles. The molecular weight excluding hydrogens is 226 g/mol. The van der Waals surface area contributed by atoms with Crippen molar-refractivity contribution in [3.63, 3.8) is 0 Å². The van der Waals surface area contributed by atoms with Gasteiger partial charge in [0.15, 0.2) is 0 Å². The van der Waals surface area contributed by atoms with E-state index < -0.39 is 10.8 Å². The molecule has 4 heteroatoms. The predicted octanol–water partition coefficient (Wildman–Crippen LogP) is 2.30. The van der Waals surface area contributed by atoms with Crippen LogP contribution in [-0.2, 0) is 17.3 Å². The largest absolute Gasteiger partial charge is 0.309 e. The summed E-state index contributed by atoms with van der Waals surface area (Å²) in [4.78, 5) is 2.73. The molecule has 1 aromatic heterocycles. The van der Waals surface area contributed by atoms with E-state index in [1.54, 1.807) is 6.26 Å². The Hall–Kier alpha value is -0.190. The summed E-state index contributed by atoms with van der Waals surface area (Å²) < 4.78 is 10.9. The van der Waals surface area contributed by atoms with Crippen molar-refractivity contribution in [2.75, 3.05) is 12.0 Å². The topological polar surface area (TPSA) is 29.1 Å². The molecule has 0 saturated carbocycles. The van der Waals surface area contributed by atoms with Crippen LogP contribution in [0.15, 0.2) is 12.1 Å². The van der Waals surface area contributed by atoms with E-state index in [9.17, 15) is 4.21 Å². The Morgan fingerprint density at radius 3 is 2.80 bits per heavy atom. The van der Waals surface area contributed by atoms with Gasteiger partial charge in [0.25, 0.3) is 0 Å². The summed E-state index contributed by atoms with van der Waals surface area (Å²) in [5.41, 5.74) is 0. The first-order valence-corrected chi connectivity index (χ1v) is 7.71. The van der Waals surface area contributed by atoms with Crippen molar-refractivity contribution in [2.45, 2.75) is 32.9 Å². The summed E-state index contributed by atoms with van der Waals surface area (Å²) in [6.07, 6.45) is 2.74. The first-order chi connectivity index (χ1) is 7.08. The monoisotopic (exact) mass is 245 g/mol. The van der Waals surface area contributed by atoms with Crippen molar-refractivity contribution < 1.29 is 4.21 Å². The fourth-order valence-corrected chi connectivity index (χ4v) is 2.83. The maximum Gasteiger partial charge on any atom is 0.0302 e. The molecule has 86 valence electrons. The van der Waals surface area contributed by atoms with Crippen LogP contribution in [0.25, 0.3) is 0 Å². The first kappa shape index (κ1) is 12.9.